The largest absolute Gasteiger partial charge is 0.342 e. The molecule has 6 heteroatoms. The summed E-state index contributed by atoms with van der Waals surface area (Å²) in [7, 11) is 0. The number of rotatable bonds is 2. The molecule has 2 heterocycles. The van der Waals surface area contributed by atoms with Crippen LogP contribution in [-0.4, -0.2) is 22.4 Å². The SMILES string of the molecule is O=C1CC(c2nc3ccccc3[nH]2)CN1c1cccc(Cl)c1F. The predicted molar refractivity (Wildman–Crippen MR) is 87.2 cm³/mol. The molecule has 1 N–H and O–H groups in total. The molecular formula is C17H13ClFN3O. The molecule has 23 heavy (non-hydrogen) atoms. The molecule has 0 aliphatic carbocycles. The minimum atomic E-state index is -0.562. The summed E-state index contributed by atoms with van der Waals surface area (Å²) in [5.41, 5.74) is 2.02. The Morgan fingerprint density at radius 3 is 2.87 bits per heavy atom. The van der Waals surface area contributed by atoms with Crippen LogP contribution in [0.15, 0.2) is 42.5 Å². The number of aromatic amines is 1. The normalized spacial score (nSPS) is 18.1. The number of amides is 1. The molecule has 2 aromatic carbocycles. The van der Waals surface area contributed by atoms with E-state index < -0.39 is 5.82 Å². The van der Waals surface area contributed by atoms with Gasteiger partial charge in [-0.1, -0.05) is 29.8 Å². The Balaban J connectivity index is 1.66. The zero-order valence-corrected chi connectivity index (χ0v) is 12.8. The molecule has 3 aromatic rings. The maximum absolute atomic E-state index is 14.2. The van der Waals surface area contributed by atoms with E-state index in [-0.39, 0.29) is 22.5 Å². The summed E-state index contributed by atoms with van der Waals surface area (Å²) in [4.78, 5) is 21.5. The lowest BCUT2D eigenvalue weighted by Gasteiger charge is -2.17. The molecule has 1 saturated heterocycles. The van der Waals surface area contributed by atoms with Gasteiger partial charge in [0.2, 0.25) is 5.91 Å². The van der Waals surface area contributed by atoms with Gasteiger partial charge in [0.15, 0.2) is 5.82 Å². The van der Waals surface area contributed by atoms with E-state index in [1.165, 1.54) is 11.0 Å². The highest BCUT2D eigenvalue weighted by Crippen LogP contribution is 2.34. The Hall–Kier alpha value is -2.40. The van der Waals surface area contributed by atoms with Crippen LogP contribution in [0, 0.1) is 5.82 Å². The van der Waals surface area contributed by atoms with E-state index in [1.807, 2.05) is 24.3 Å². The highest BCUT2D eigenvalue weighted by Gasteiger charge is 2.34. The van der Waals surface area contributed by atoms with Crippen LogP contribution < -0.4 is 4.90 Å². The molecule has 0 bridgehead atoms. The third-order valence-corrected chi connectivity index (χ3v) is 4.43. The molecule has 1 fully saturated rings. The smallest absolute Gasteiger partial charge is 0.227 e. The van der Waals surface area contributed by atoms with Crippen LogP contribution in [0.2, 0.25) is 5.02 Å². The lowest BCUT2D eigenvalue weighted by molar-refractivity contribution is -0.117. The topological polar surface area (TPSA) is 49.0 Å². The molecule has 1 atom stereocenters. The van der Waals surface area contributed by atoms with Crippen molar-refractivity contribution in [3.63, 3.8) is 0 Å². The predicted octanol–water partition coefficient (Wildman–Crippen LogP) is 3.88. The molecule has 1 aromatic heterocycles. The minimum absolute atomic E-state index is 0.0162. The van der Waals surface area contributed by atoms with Crippen LogP contribution >= 0.6 is 11.6 Å². The average molecular weight is 330 g/mol. The molecule has 1 aliphatic heterocycles. The molecule has 4 nitrogen and oxygen atoms in total. The van der Waals surface area contributed by atoms with Crippen LogP contribution in [0.25, 0.3) is 11.0 Å². The third kappa shape index (κ3) is 2.37. The Bertz CT molecular complexity index is 875. The highest BCUT2D eigenvalue weighted by atomic mass is 35.5. The van der Waals surface area contributed by atoms with Gasteiger partial charge in [0.1, 0.15) is 5.82 Å². The van der Waals surface area contributed by atoms with E-state index in [0.29, 0.717) is 13.0 Å². The number of H-pyrrole nitrogens is 1. The van der Waals surface area contributed by atoms with E-state index in [9.17, 15) is 9.18 Å². The summed E-state index contributed by atoms with van der Waals surface area (Å²) in [6, 6.07) is 12.4. The zero-order valence-electron chi connectivity index (χ0n) is 12.1. The highest BCUT2D eigenvalue weighted by molar-refractivity contribution is 6.31. The molecule has 116 valence electrons. The summed E-state index contributed by atoms with van der Waals surface area (Å²) in [5, 5.41) is 0.0162. The van der Waals surface area contributed by atoms with Crippen molar-refractivity contribution in [2.45, 2.75) is 12.3 Å². The second kappa shape index (κ2) is 5.35. The maximum Gasteiger partial charge on any atom is 0.227 e. The number of anilines is 1. The third-order valence-electron chi connectivity index (χ3n) is 4.14. The van der Waals surface area contributed by atoms with Gasteiger partial charge in [-0.25, -0.2) is 9.37 Å². The van der Waals surface area contributed by atoms with E-state index in [4.69, 9.17) is 11.6 Å². The van der Waals surface area contributed by atoms with Crippen LogP contribution in [-0.2, 0) is 4.79 Å². The number of carbonyl (C=O) groups is 1. The molecule has 4 rings (SSSR count). The number of imidazole rings is 1. The zero-order chi connectivity index (χ0) is 16.0. The van der Waals surface area contributed by atoms with Crippen molar-refractivity contribution >= 4 is 34.2 Å². The van der Waals surface area contributed by atoms with Crippen molar-refractivity contribution in [1.82, 2.24) is 9.97 Å². The van der Waals surface area contributed by atoms with Gasteiger partial charge < -0.3 is 9.88 Å². The fraction of sp³-hybridized carbons (Fsp3) is 0.176. The Morgan fingerprint density at radius 1 is 1.22 bits per heavy atom. The van der Waals surface area contributed by atoms with Gasteiger partial charge in [-0.2, -0.15) is 0 Å². The fourth-order valence-electron chi connectivity index (χ4n) is 2.99. The lowest BCUT2D eigenvalue weighted by Crippen LogP contribution is -2.25. The van der Waals surface area contributed by atoms with Crippen LogP contribution in [0.5, 0.6) is 0 Å². The molecule has 0 saturated carbocycles. The number of hydrogen-bond acceptors (Lipinski definition) is 2. The standard InChI is InChI=1S/C17H13ClFN3O/c18-11-4-3-7-14(16(11)19)22-9-10(8-15(22)23)17-20-12-5-1-2-6-13(12)21-17/h1-7,10H,8-9H2,(H,20,21). The first-order chi connectivity index (χ1) is 11.1. The average Bonchev–Trinajstić information content (AvgIpc) is 3.13. The molecule has 1 unspecified atom stereocenters. The number of benzene rings is 2. The molecular weight excluding hydrogens is 317 g/mol. The van der Waals surface area contributed by atoms with Gasteiger partial charge in [0.05, 0.1) is 21.7 Å². The number of nitrogens with zero attached hydrogens (tertiary/aromatic N) is 2. The van der Waals surface area contributed by atoms with Crippen molar-refractivity contribution in [3.05, 3.63) is 59.1 Å². The Morgan fingerprint density at radius 2 is 2.04 bits per heavy atom. The summed E-state index contributed by atoms with van der Waals surface area (Å²) in [5.74, 6) is -0.0258. The van der Waals surface area contributed by atoms with Crippen LogP contribution in [0.1, 0.15) is 18.2 Å². The number of para-hydroxylation sites is 2. The lowest BCUT2D eigenvalue weighted by atomic mass is 10.1. The van der Waals surface area contributed by atoms with Gasteiger partial charge >= 0.3 is 0 Å². The first-order valence-electron chi connectivity index (χ1n) is 7.32. The van der Waals surface area contributed by atoms with Crippen molar-refractivity contribution in [2.24, 2.45) is 0 Å². The van der Waals surface area contributed by atoms with Crippen LogP contribution in [0.4, 0.5) is 10.1 Å². The number of hydrogen-bond donors (Lipinski definition) is 1. The van der Waals surface area contributed by atoms with E-state index in [1.54, 1.807) is 12.1 Å². The Labute approximate surface area is 136 Å². The molecule has 0 spiro atoms. The minimum Gasteiger partial charge on any atom is -0.342 e. The summed E-state index contributed by atoms with van der Waals surface area (Å²) in [6.45, 7) is 0.385. The van der Waals surface area contributed by atoms with Gasteiger partial charge in [0.25, 0.3) is 0 Å². The summed E-state index contributed by atoms with van der Waals surface area (Å²) < 4.78 is 14.2. The fourth-order valence-corrected chi connectivity index (χ4v) is 3.16. The number of nitrogens with one attached hydrogen (secondary N) is 1. The number of fused-ring (bicyclic) bond motifs is 1. The van der Waals surface area contributed by atoms with Crippen molar-refractivity contribution < 1.29 is 9.18 Å². The van der Waals surface area contributed by atoms with Gasteiger partial charge in [0, 0.05) is 18.9 Å². The molecule has 1 amide bonds. The Kier molecular flexibility index (Phi) is 3.31. The second-order valence-corrected chi connectivity index (χ2v) is 6.02. The monoisotopic (exact) mass is 329 g/mol. The van der Waals surface area contributed by atoms with E-state index in [2.05, 4.69) is 9.97 Å². The first-order valence-corrected chi connectivity index (χ1v) is 7.70. The van der Waals surface area contributed by atoms with Crippen molar-refractivity contribution in [3.8, 4) is 0 Å². The quantitative estimate of drug-likeness (QED) is 0.775. The first kappa shape index (κ1) is 14.2. The van der Waals surface area contributed by atoms with Gasteiger partial charge in [-0.3, -0.25) is 4.79 Å². The van der Waals surface area contributed by atoms with Crippen LogP contribution in [0.3, 0.4) is 0 Å². The summed E-state index contributed by atoms with van der Waals surface area (Å²) in [6.07, 6.45) is 0.297. The second-order valence-electron chi connectivity index (χ2n) is 5.62. The molecule has 0 radical (unpaired) electrons. The number of aromatic nitrogens is 2. The van der Waals surface area contributed by atoms with Gasteiger partial charge in [-0.15, -0.1) is 0 Å². The summed E-state index contributed by atoms with van der Waals surface area (Å²) >= 11 is 5.82. The number of halogens is 2. The molecule has 1 aliphatic rings. The van der Waals surface area contributed by atoms with E-state index >= 15 is 0 Å². The van der Waals surface area contributed by atoms with Crippen molar-refractivity contribution in [2.75, 3.05) is 11.4 Å². The van der Waals surface area contributed by atoms with Gasteiger partial charge in [-0.05, 0) is 24.3 Å². The maximum atomic E-state index is 14.2. The van der Waals surface area contributed by atoms with Crippen molar-refractivity contribution in [1.29, 1.82) is 0 Å². The number of carbonyl (C=O) groups excluding carboxylic acids is 1. The van der Waals surface area contributed by atoms with E-state index in [0.717, 1.165) is 16.9 Å².